The maximum Gasteiger partial charge on any atom is 0.309 e. The highest BCUT2D eigenvalue weighted by atomic mass is 16.5. The van der Waals surface area contributed by atoms with Crippen LogP contribution in [0, 0.1) is 0 Å². The first-order valence-electron chi connectivity index (χ1n) is 5.16. The quantitative estimate of drug-likeness (QED) is 0.676. The maximum atomic E-state index is 11.6. The molecule has 5 heteroatoms. The Balaban J connectivity index is 2.63. The fourth-order valence-electron chi connectivity index (χ4n) is 1.94. The fraction of sp³-hybridized carbons (Fsp3) is 0.455. The Bertz CT molecular complexity index is 479. The summed E-state index contributed by atoms with van der Waals surface area (Å²) < 4.78 is 4.89. The van der Waals surface area contributed by atoms with Gasteiger partial charge in [-0.25, -0.2) is 0 Å². The number of hydrogen-bond donors (Lipinski definition) is 2. The van der Waals surface area contributed by atoms with Crippen molar-refractivity contribution in [2.45, 2.75) is 32.0 Å². The van der Waals surface area contributed by atoms with Gasteiger partial charge in [0.15, 0.2) is 0 Å². The molecule has 0 amide bonds. The molecule has 0 saturated heterocycles. The van der Waals surface area contributed by atoms with Gasteiger partial charge in [-0.3, -0.25) is 9.59 Å². The minimum atomic E-state index is -1.29. The third-order valence-electron chi connectivity index (χ3n) is 2.96. The molecule has 1 aliphatic rings. The van der Waals surface area contributed by atoms with Crippen LogP contribution in [-0.4, -0.2) is 16.1 Å². The van der Waals surface area contributed by atoms with Crippen LogP contribution in [-0.2, 0) is 21.7 Å². The van der Waals surface area contributed by atoms with E-state index < -0.39 is 11.6 Å². The maximum absolute atomic E-state index is 11.6. The van der Waals surface area contributed by atoms with Crippen molar-refractivity contribution in [1.82, 2.24) is 4.98 Å². The smallest absolute Gasteiger partial charge is 0.309 e. The summed E-state index contributed by atoms with van der Waals surface area (Å²) in [6, 6.07) is 1.63. The molecule has 0 radical (unpaired) electrons. The van der Waals surface area contributed by atoms with Crippen molar-refractivity contribution in [3.8, 4) is 0 Å². The Morgan fingerprint density at radius 1 is 1.56 bits per heavy atom. The number of carbonyl (C=O) groups is 1. The van der Waals surface area contributed by atoms with Crippen LogP contribution in [0.15, 0.2) is 17.1 Å². The number of nitrogens with one attached hydrogen (secondary N) is 1. The highest BCUT2D eigenvalue weighted by Gasteiger charge is 2.36. The van der Waals surface area contributed by atoms with E-state index in [2.05, 4.69) is 4.98 Å². The molecule has 0 bridgehead atoms. The van der Waals surface area contributed by atoms with Crippen LogP contribution in [0.5, 0.6) is 0 Å². The van der Waals surface area contributed by atoms with E-state index in [1.54, 1.807) is 13.0 Å². The Morgan fingerprint density at radius 3 is 3.00 bits per heavy atom. The number of ether oxygens (including phenoxy) is 1. The molecule has 1 atom stereocenters. The molecule has 2 heterocycles. The number of H-pyrrole nitrogens is 1. The molecule has 1 aromatic rings. The molecule has 0 unspecified atom stereocenters. The van der Waals surface area contributed by atoms with Gasteiger partial charge in [0, 0.05) is 6.20 Å². The van der Waals surface area contributed by atoms with Crippen LogP contribution in [0.1, 0.15) is 30.9 Å². The second kappa shape index (κ2) is 3.75. The van der Waals surface area contributed by atoms with Crippen molar-refractivity contribution in [3.05, 3.63) is 33.7 Å². The monoisotopic (exact) mass is 223 g/mol. The number of fused-ring (bicyclic) bond motifs is 1. The van der Waals surface area contributed by atoms with Crippen LogP contribution in [0.3, 0.4) is 0 Å². The number of rotatable bonds is 1. The van der Waals surface area contributed by atoms with Gasteiger partial charge in [0.05, 0.1) is 12.0 Å². The Morgan fingerprint density at radius 2 is 2.31 bits per heavy atom. The van der Waals surface area contributed by atoms with Gasteiger partial charge in [0.1, 0.15) is 12.2 Å². The molecular formula is C11H13NO4. The summed E-state index contributed by atoms with van der Waals surface area (Å²) in [7, 11) is 0. The van der Waals surface area contributed by atoms with E-state index in [-0.39, 0.29) is 18.6 Å². The molecule has 2 N–H and O–H groups in total. The zero-order valence-corrected chi connectivity index (χ0v) is 8.95. The SMILES string of the molecule is CC[C@@]1(O)CC(=O)OCc2c1cc[nH]c2=O. The lowest BCUT2D eigenvalue weighted by molar-refractivity contribution is -0.149. The summed E-state index contributed by atoms with van der Waals surface area (Å²) in [5.41, 5.74) is -0.793. The van der Waals surface area contributed by atoms with Crippen molar-refractivity contribution in [2.75, 3.05) is 0 Å². The zero-order chi connectivity index (χ0) is 11.8. The predicted octanol–water partition coefficient (Wildman–Crippen LogP) is 0.419. The zero-order valence-electron chi connectivity index (χ0n) is 8.95. The second-order valence-corrected chi connectivity index (χ2v) is 3.92. The van der Waals surface area contributed by atoms with E-state index in [1.165, 1.54) is 6.20 Å². The number of aromatic amines is 1. The molecule has 0 aliphatic carbocycles. The largest absolute Gasteiger partial charge is 0.460 e. The van der Waals surface area contributed by atoms with Gasteiger partial charge in [0.2, 0.25) is 0 Å². The summed E-state index contributed by atoms with van der Waals surface area (Å²) in [4.78, 5) is 25.4. The van der Waals surface area contributed by atoms with E-state index in [0.717, 1.165) is 0 Å². The van der Waals surface area contributed by atoms with Crippen LogP contribution in [0.25, 0.3) is 0 Å². The van der Waals surface area contributed by atoms with Crippen molar-refractivity contribution in [2.24, 2.45) is 0 Å². The minimum Gasteiger partial charge on any atom is -0.460 e. The lowest BCUT2D eigenvalue weighted by atomic mass is 9.86. The molecule has 1 aliphatic heterocycles. The lowest BCUT2D eigenvalue weighted by Gasteiger charge is -2.24. The van der Waals surface area contributed by atoms with Gasteiger partial charge in [-0.05, 0) is 18.1 Å². The number of cyclic esters (lactones) is 1. The summed E-state index contributed by atoms with van der Waals surface area (Å²) in [5.74, 6) is -0.486. The Labute approximate surface area is 92.1 Å². The number of aliphatic hydroxyl groups is 1. The van der Waals surface area contributed by atoms with E-state index >= 15 is 0 Å². The number of carbonyl (C=O) groups excluding carboxylic acids is 1. The summed E-state index contributed by atoms with van der Waals surface area (Å²) in [6.07, 6.45) is 1.72. The van der Waals surface area contributed by atoms with Gasteiger partial charge >= 0.3 is 5.97 Å². The van der Waals surface area contributed by atoms with Crippen molar-refractivity contribution in [1.29, 1.82) is 0 Å². The minimum absolute atomic E-state index is 0.0767. The first-order valence-corrected chi connectivity index (χ1v) is 5.16. The average Bonchev–Trinajstić information content (AvgIpc) is 2.38. The Hall–Kier alpha value is -1.62. The molecule has 0 spiro atoms. The standard InChI is InChI=1S/C11H13NO4/c1-2-11(15)5-9(13)16-6-7-8(11)3-4-12-10(7)14/h3-4,15H,2,5-6H2,1H3,(H,12,14)/t11-/m1/s1. The molecule has 0 saturated carbocycles. The summed E-state index contributed by atoms with van der Waals surface area (Å²) in [6.45, 7) is 1.69. The van der Waals surface area contributed by atoms with Crippen molar-refractivity contribution in [3.63, 3.8) is 0 Å². The molecule has 5 nitrogen and oxygen atoms in total. The molecule has 86 valence electrons. The summed E-state index contributed by atoms with van der Waals surface area (Å²) in [5, 5.41) is 10.4. The second-order valence-electron chi connectivity index (χ2n) is 3.92. The predicted molar refractivity (Wildman–Crippen MR) is 55.7 cm³/mol. The van der Waals surface area contributed by atoms with Crippen molar-refractivity contribution >= 4 is 5.97 Å². The molecule has 1 aromatic heterocycles. The number of pyridine rings is 1. The molecule has 2 rings (SSSR count). The van der Waals surface area contributed by atoms with Crippen LogP contribution < -0.4 is 5.56 Å². The number of esters is 1. The number of hydrogen-bond acceptors (Lipinski definition) is 4. The van der Waals surface area contributed by atoms with Gasteiger partial charge in [-0.1, -0.05) is 6.92 Å². The third kappa shape index (κ3) is 1.63. The first kappa shape index (κ1) is 10.9. The first-order chi connectivity index (χ1) is 7.57. The molecule has 16 heavy (non-hydrogen) atoms. The van der Waals surface area contributed by atoms with E-state index in [1.807, 2.05) is 0 Å². The van der Waals surface area contributed by atoms with Crippen LogP contribution >= 0.6 is 0 Å². The summed E-state index contributed by atoms with van der Waals surface area (Å²) >= 11 is 0. The normalized spacial score (nSPS) is 24.5. The van der Waals surface area contributed by atoms with E-state index in [9.17, 15) is 14.7 Å². The van der Waals surface area contributed by atoms with E-state index in [0.29, 0.717) is 17.5 Å². The lowest BCUT2D eigenvalue weighted by Crippen LogP contribution is -2.29. The van der Waals surface area contributed by atoms with Crippen LogP contribution in [0.2, 0.25) is 0 Å². The van der Waals surface area contributed by atoms with Gasteiger partial charge in [0.25, 0.3) is 5.56 Å². The average molecular weight is 223 g/mol. The molecular weight excluding hydrogens is 210 g/mol. The van der Waals surface area contributed by atoms with Gasteiger partial charge < -0.3 is 14.8 Å². The van der Waals surface area contributed by atoms with Gasteiger partial charge in [-0.2, -0.15) is 0 Å². The Kier molecular flexibility index (Phi) is 2.55. The van der Waals surface area contributed by atoms with Crippen LogP contribution in [0.4, 0.5) is 0 Å². The third-order valence-corrected chi connectivity index (χ3v) is 2.96. The van der Waals surface area contributed by atoms with Crippen molar-refractivity contribution < 1.29 is 14.6 Å². The number of aromatic nitrogens is 1. The molecule has 0 aromatic carbocycles. The fourth-order valence-corrected chi connectivity index (χ4v) is 1.94. The van der Waals surface area contributed by atoms with E-state index in [4.69, 9.17) is 4.74 Å². The molecule has 0 fully saturated rings. The highest BCUT2D eigenvalue weighted by molar-refractivity contribution is 5.72. The highest BCUT2D eigenvalue weighted by Crippen LogP contribution is 2.32. The topological polar surface area (TPSA) is 79.4 Å². The van der Waals surface area contributed by atoms with Gasteiger partial charge in [-0.15, -0.1) is 0 Å².